The number of benzene rings is 1. The van der Waals surface area contributed by atoms with E-state index in [0.29, 0.717) is 6.04 Å². The molecule has 1 atom stereocenters. The van der Waals surface area contributed by atoms with Gasteiger partial charge in [-0.1, -0.05) is 38.2 Å². The van der Waals surface area contributed by atoms with E-state index in [4.69, 9.17) is 9.47 Å². The Morgan fingerprint density at radius 1 is 0.897 bits per heavy atom. The predicted octanol–water partition coefficient (Wildman–Crippen LogP) is 4.16. The highest BCUT2D eigenvalue weighted by Gasteiger charge is 2.31. The van der Waals surface area contributed by atoms with Gasteiger partial charge in [0.25, 0.3) is 0 Å². The van der Waals surface area contributed by atoms with Crippen molar-refractivity contribution in [2.75, 3.05) is 27.3 Å². The minimum atomic E-state index is 0.0323. The standard InChI is InChI=1S/C22H33N5O2/c1-28-19-13-12-17(16-20(19)29-2)21(26-14-8-3-4-9-15-26)22-23-24-25-27(22)18-10-6-5-7-11-18/h12-13,16,18,21H,3-11,14-15H2,1-2H3. The van der Waals surface area contributed by atoms with E-state index in [1.54, 1.807) is 14.2 Å². The average Bonchev–Trinajstić information content (AvgIpc) is 3.09. The van der Waals surface area contributed by atoms with Gasteiger partial charge in [-0.15, -0.1) is 5.10 Å². The molecule has 0 N–H and O–H groups in total. The van der Waals surface area contributed by atoms with E-state index < -0.39 is 0 Å². The van der Waals surface area contributed by atoms with Gasteiger partial charge in [-0.25, -0.2) is 4.68 Å². The van der Waals surface area contributed by atoms with Crippen LogP contribution in [0.1, 0.15) is 81.3 Å². The van der Waals surface area contributed by atoms with Crippen LogP contribution in [0.4, 0.5) is 0 Å². The Morgan fingerprint density at radius 3 is 2.28 bits per heavy atom. The summed E-state index contributed by atoms with van der Waals surface area (Å²) in [5.74, 6) is 2.46. The molecule has 1 aromatic carbocycles. The molecule has 1 unspecified atom stereocenters. The minimum absolute atomic E-state index is 0.0323. The number of hydrogen-bond donors (Lipinski definition) is 0. The lowest BCUT2D eigenvalue weighted by Gasteiger charge is -2.32. The number of aromatic nitrogens is 4. The molecule has 1 saturated heterocycles. The molecule has 29 heavy (non-hydrogen) atoms. The molecule has 2 fully saturated rings. The van der Waals surface area contributed by atoms with Crippen molar-refractivity contribution in [2.45, 2.75) is 69.9 Å². The first-order valence-electron chi connectivity index (χ1n) is 11.1. The minimum Gasteiger partial charge on any atom is -0.493 e. The first kappa shape index (κ1) is 20.1. The molecule has 2 aliphatic rings. The van der Waals surface area contributed by atoms with E-state index in [-0.39, 0.29) is 6.04 Å². The molecular weight excluding hydrogens is 366 g/mol. The third kappa shape index (κ3) is 4.39. The number of nitrogens with zero attached hydrogens (tertiary/aromatic N) is 5. The van der Waals surface area contributed by atoms with Gasteiger partial charge in [-0.2, -0.15) is 0 Å². The summed E-state index contributed by atoms with van der Waals surface area (Å²) in [6.45, 7) is 2.13. The molecule has 1 aliphatic heterocycles. The second kappa shape index (κ2) is 9.57. The highest BCUT2D eigenvalue weighted by molar-refractivity contribution is 5.45. The number of hydrogen-bond acceptors (Lipinski definition) is 6. The average molecular weight is 400 g/mol. The fourth-order valence-corrected chi connectivity index (χ4v) is 4.87. The van der Waals surface area contributed by atoms with E-state index in [2.05, 4.69) is 37.2 Å². The summed E-state index contributed by atoms with van der Waals surface area (Å²) in [6.07, 6.45) is 11.2. The van der Waals surface area contributed by atoms with E-state index in [1.165, 1.54) is 44.9 Å². The maximum atomic E-state index is 5.60. The van der Waals surface area contributed by atoms with Crippen molar-refractivity contribution in [3.63, 3.8) is 0 Å². The number of rotatable bonds is 6. The van der Waals surface area contributed by atoms with Gasteiger partial charge in [-0.3, -0.25) is 4.90 Å². The first-order chi connectivity index (χ1) is 14.3. The van der Waals surface area contributed by atoms with Crippen LogP contribution in [-0.2, 0) is 0 Å². The lowest BCUT2D eigenvalue weighted by Crippen LogP contribution is -2.33. The van der Waals surface area contributed by atoms with Crippen LogP contribution in [0.25, 0.3) is 0 Å². The SMILES string of the molecule is COc1ccc(C(c2nnnn2C2CCCCC2)N2CCCCCC2)cc1OC. The largest absolute Gasteiger partial charge is 0.493 e. The lowest BCUT2D eigenvalue weighted by atomic mass is 9.95. The first-order valence-corrected chi connectivity index (χ1v) is 11.1. The quantitative estimate of drug-likeness (QED) is 0.727. The molecule has 1 aromatic heterocycles. The number of methoxy groups -OCH3 is 2. The molecule has 4 rings (SSSR count). The Bertz CT molecular complexity index is 779. The second-order valence-corrected chi connectivity index (χ2v) is 8.24. The summed E-state index contributed by atoms with van der Waals surface area (Å²) in [5, 5.41) is 13.1. The lowest BCUT2D eigenvalue weighted by molar-refractivity contribution is 0.210. The van der Waals surface area contributed by atoms with E-state index in [1.807, 2.05) is 6.07 Å². The van der Waals surface area contributed by atoms with Gasteiger partial charge in [-0.05, 0) is 66.9 Å². The van der Waals surface area contributed by atoms with E-state index in [0.717, 1.165) is 48.8 Å². The second-order valence-electron chi connectivity index (χ2n) is 8.24. The number of likely N-dealkylation sites (tertiary alicyclic amines) is 1. The highest BCUT2D eigenvalue weighted by Crippen LogP contribution is 2.37. The zero-order chi connectivity index (χ0) is 20.1. The molecule has 2 heterocycles. The van der Waals surface area contributed by atoms with Crippen LogP contribution in [-0.4, -0.2) is 52.4 Å². The van der Waals surface area contributed by atoms with Gasteiger partial charge in [0, 0.05) is 0 Å². The summed E-state index contributed by atoms with van der Waals surface area (Å²) < 4.78 is 13.2. The molecule has 7 nitrogen and oxygen atoms in total. The molecule has 1 aliphatic carbocycles. The zero-order valence-electron chi connectivity index (χ0n) is 17.7. The van der Waals surface area contributed by atoms with Crippen molar-refractivity contribution in [1.82, 2.24) is 25.1 Å². The van der Waals surface area contributed by atoms with Crippen LogP contribution in [0.5, 0.6) is 11.5 Å². The predicted molar refractivity (Wildman–Crippen MR) is 111 cm³/mol. The number of ether oxygens (including phenoxy) is 2. The van der Waals surface area contributed by atoms with Crippen LogP contribution in [0, 0.1) is 0 Å². The van der Waals surface area contributed by atoms with Gasteiger partial charge >= 0.3 is 0 Å². The topological polar surface area (TPSA) is 65.3 Å². The third-order valence-corrected chi connectivity index (χ3v) is 6.41. The Labute approximate surface area is 173 Å². The normalized spacial score (nSPS) is 20.2. The fourth-order valence-electron chi connectivity index (χ4n) is 4.87. The van der Waals surface area contributed by atoms with Crippen molar-refractivity contribution in [2.24, 2.45) is 0 Å². The Kier molecular flexibility index (Phi) is 6.64. The molecule has 0 amide bonds. The smallest absolute Gasteiger partial charge is 0.173 e. The van der Waals surface area contributed by atoms with E-state index >= 15 is 0 Å². The van der Waals surface area contributed by atoms with Crippen molar-refractivity contribution in [3.05, 3.63) is 29.6 Å². The van der Waals surface area contributed by atoms with Crippen molar-refractivity contribution in [1.29, 1.82) is 0 Å². The molecular formula is C22H33N5O2. The molecule has 2 aromatic rings. The third-order valence-electron chi connectivity index (χ3n) is 6.41. The molecule has 0 bridgehead atoms. The van der Waals surface area contributed by atoms with Gasteiger partial charge in [0.05, 0.1) is 26.3 Å². The Hall–Kier alpha value is -2.15. The van der Waals surface area contributed by atoms with Crippen molar-refractivity contribution < 1.29 is 9.47 Å². The molecule has 1 saturated carbocycles. The number of tetrazole rings is 1. The molecule has 7 heteroatoms. The fraction of sp³-hybridized carbons (Fsp3) is 0.682. The van der Waals surface area contributed by atoms with Crippen molar-refractivity contribution in [3.8, 4) is 11.5 Å². The Balaban J connectivity index is 1.74. The highest BCUT2D eigenvalue weighted by atomic mass is 16.5. The summed E-state index contributed by atoms with van der Waals surface area (Å²) in [6, 6.07) is 6.66. The summed E-state index contributed by atoms with van der Waals surface area (Å²) in [4.78, 5) is 2.55. The van der Waals surface area contributed by atoms with Crippen LogP contribution in [0.3, 0.4) is 0 Å². The summed E-state index contributed by atoms with van der Waals surface area (Å²) >= 11 is 0. The van der Waals surface area contributed by atoms with Crippen molar-refractivity contribution >= 4 is 0 Å². The van der Waals surface area contributed by atoms with E-state index in [9.17, 15) is 0 Å². The van der Waals surface area contributed by atoms with Crippen LogP contribution < -0.4 is 9.47 Å². The zero-order valence-corrected chi connectivity index (χ0v) is 17.7. The molecule has 0 spiro atoms. The Morgan fingerprint density at radius 2 is 1.59 bits per heavy atom. The summed E-state index contributed by atoms with van der Waals surface area (Å²) in [7, 11) is 3.36. The molecule has 158 valence electrons. The maximum Gasteiger partial charge on any atom is 0.173 e. The van der Waals surface area contributed by atoms with Gasteiger partial charge < -0.3 is 9.47 Å². The molecule has 0 radical (unpaired) electrons. The maximum absolute atomic E-state index is 5.60. The van der Waals surface area contributed by atoms with Crippen LogP contribution in [0.2, 0.25) is 0 Å². The van der Waals surface area contributed by atoms with Gasteiger partial charge in [0.2, 0.25) is 0 Å². The monoisotopic (exact) mass is 399 g/mol. The van der Waals surface area contributed by atoms with Gasteiger partial charge in [0.1, 0.15) is 0 Å². The van der Waals surface area contributed by atoms with Gasteiger partial charge in [0.15, 0.2) is 17.3 Å². The summed E-state index contributed by atoms with van der Waals surface area (Å²) in [5.41, 5.74) is 1.16. The van der Waals surface area contributed by atoms with Crippen LogP contribution in [0.15, 0.2) is 18.2 Å². The van der Waals surface area contributed by atoms with Crippen LogP contribution >= 0.6 is 0 Å².